The van der Waals surface area contributed by atoms with E-state index in [2.05, 4.69) is 15.4 Å². The van der Waals surface area contributed by atoms with Crippen LogP contribution in [0.2, 0.25) is 0 Å². The average molecular weight is 255 g/mol. The molecule has 2 rings (SSSR count). The quantitative estimate of drug-likeness (QED) is 0.878. The average Bonchev–Trinajstić information content (AvgIpc) is 2.93. The zero-order chi connectivity index (χ0) is 13.5. The first-order valence-electron chi connectivity index (χ1n) is 5.90. The molecule has 0 bridgehead atoms. The first-order valence-corrected chi connectivity index (χ1v) is 5.90. The molecule has 96 valence electrons. The normalized spacial score (nSPS) is 9.84. The van der Waals surface area contributed by atoms with E-state index >= 15 is 0 Å². The van der Waals surface area contributed by atoms with Gasteiger partial charge in [-0.2, -0.15) is 10.4 Å². The highest BCUT2D eigenvalue weighted by molar-refractivity contribution is 5.90. The van der Waals surface area contributed by atoms with Crippen LogP contribution in [0.1, 0.15) is 18.4 Å². The number of nitrogens with zero attached hydrogens (tertiary/aromatic N) is 4. The SMILES string of the molecule is N#Cc1ccc(NC(=O)CCCn2cncn2)cc1. The Kier molecular flexibility index (Phi) is 4.24. The Hall–Kier alpha value is -2.68. The Bertz CT molecular complexity index is 568. The third kappa shape index (κ3) is 3.92. The molecule has 1 aromatic heterocycles. The molecule has 0 spiro atoms. The fourth-order valence-electron chi connectivity index (χ4n) is 1.60. The number of anilines is 1. The molecular weight excluding hydrogens is 242 g/mol. The Balaban J connectivity index is 1.76. The minimum atomic E-state index is -0.0511. The van der Waals surface area contributed by atoms with E-state index in [1.807, 2.05) is 6.07 Å². The van der Waals surface area contributed by atoms with Crippen molar-refractivity contribution in [3.8, 4) is 6.07 Å². The zero-order valence-corrected chi connectivity index (χ0v) is 10.3. The van der Waals surface area contributed by atoms with Crippen LogP contribution in [0.5, 0.6) is 0 Å². The standard InChI is InChI=1S/C13H13N5O/c14-8-11-3-5-12(6-4-11)17-13(19)2-1-7-18-10-15-9-16-18/h3-6,9-10H,1-2,7H2,(H,17,19). The van der Waals surface area contributed by atoms with Crippen LogP contribution in [0.15, 0.2) is 36.9 Å². The van der Waals surface area contributed by atoms with Crippen LogP contribution in [0.3, 0.4) is 0 Å². The van der Waals surface area contributed by atoms with E-state index in [1.165, 1.54) is 6.33 Å². The smallest absolute Gasteiger partial charge is 0.224 e. The molecule has 6 heteroatoms. The molecule has 1 N–H and O–H groups in total. The molecule has 0 fully saturated rings. The summed E-state index contributed by atoms with van der Waals surface area (Å²) in [6.07, 6.45) is 4.21. The lowest BCUT2D eigenvalue weighted by Crippen LogP contribution is -2.12. The van der Waals surface area contributed by atoms with Crippen molar-refractivity contribution in [2.75, 3.05) is 5.32 Å². The maximum Gasteiger partial charge on any atom is 0.224 e. The highest BCUT2D eigenvalue weighted by Crippen LogP contribution is 2.09. The van der Waals surface area contributed by atoms with E-state index in [9.17, 15) is 4.79 Å². The van der Waals surface area contributed by atoms with Gasteiger partial charge in [-0.25, -0.2) is 4.98 Å². The fourth-order valence-corrected chi connectivity index (χ4v) is 1.60. The predicted octanol–water partition coefficient (Wildman–Crippen LogP) is 1.57. The number of aromatic nitrogens is 3. The molecule has 1 aromatic carbocycles. The monoisotopic (exact) mass is 255 g/mol. The van der Waals surface area contributed by atoms with Gasteiger partial charge < -0.3 is 5.32 Å². The Morgan fingerprint density at radius 2 is 2.16 bits per heavy atom. The lowest BCUT2D eigenvalue weighted by Gasteiger charge is -2.05. The third-order valence-electron chi connectivity index (χ3n) is 2.56. The number of carbonyl (C=O) groups excluding carboxylic acids is 1. The van der Waals surface area contributed by atoms with Crippen molar-refractivity contribution < 1.29 is 4.79 Å². The molecule has 0 radical (unpaired) electrons. The zero-order valence-electron chi connectivity index (χ0n) is 10.3. The number of aryl methyl sites for hydroxylation is 1. The highest BCUT2D eigenvalue weighted by atomic mass is 16.1. The van der Waals surface area contributed by atoms with Gasteiger partial charge >= 0.3 is 0 Å². The van der Waals surface area contributed by atoms with Gasteiger partial charge in [-0.05, 0) is 30.7 Å². The molecule has 0 aliphatic heterocycles. The maximum absolute atomic E-state index is 11.7. The van der Waals surface area contributed by atoms with Crippen LogP contribution in [-0.4, -0.2) is 20.7 Å². The van der Waals surface area contributed by atoms with Gasteiger partial charge in [-0.1, -0.05) is 0 Å². The first-order chi connectivity index (χ1) is 9.28. The molecule has 0 aliphatic carbocycles. The molecule has 2 aromatic rings. The second-order valence-electron chi connectivity index (χ2n) is 4.00. The summed E-state index contributed by atoms with van der Waals surface area (Å²) in [5.41, 5.74) is 1.27. The number of nitriles is 1. The van der Waals surface area contributed by atoms with Crippen LogP contribution >= 0.6 is 0 Å². The van der Waals surface area contributed by atoms with Gasteiger partial charge in [0, 0.05) is 18.7 Å². The van der Waals surface area contributed by atoms with Crippen molar-refractivity contribution in [3.63, 3.8) is 0 Å². The maximum atomic E-state index is 11.7. The van der Waals surface area contributed by atoms with Gasteiger partial charge in [0.05, 0.1) is 11.6 Å². The van der Waals surface area contributed by atoms with Crippen molar-refractivity contribution in [2.24, 2.45) is 0 Å². The van der Waals surface area contributed by atoms with E-state index < -0.39 is 0 Å². The summed E-state index contributed by atoms with van der Waals surface area (Å²) in [7, 11) is 0. The number of nitrogens with one attached hydrogen (secondary N) is 1. The van der Waals surface area contributed by atoms with Gasteiger partial charge in [0.1, 0.15) is 12.7 Å². The van der Waals surface area contributed by atoms with Gasteiger partial charge in [-0.3, -0.25) is 9.48 Å². The van der Waals surface area contributed by atoms with Gasteiger partial charge in [0.15, 0.2) is 0 Å². The van der Waals surface area contributed by atoms with Crippen molar-refractivity contribution >= 4 is 11.6 Å². The first kappa shape index (κ1) is 12.8. The van der Waals surface area contributed by atoms with Crippen molar-refractivity contribution in [1.29, 1.82) is 5.26 Å². The fraction of sp³-hybridized carbons (Fsp3) is 0.231. The number of amides is 1. The minimum absolute atomic E-state index is 0.0511. The third-order valence-corrected chi connectivity index (χ3v) is 2.56. The van der Waals surface area contributed by atoms with E-state index in [0.717, 1.165) is 0 Å². The molecule has 1 amide bonds. The lowest BCUT2D eigenvalue weighted by molar-refractivity contribution is -0.116. The second kappa shape index (κ2) is 6.31. The summed E-state index contributed by atoms with van der Waals surface area (Å²) < 4.78 is 1.69. The van der Waals surface area contributed by atoms with Crippen molar-refractivity contribution in [2.45, 2.75) is 19.4 Å². The van der Waals surface area contributed by atoms with Gasteiger partial charge in [0.25, 0.3) is 0 Å². The Labute approximate surface area is 110 Å². The molecule has 19 heavy (non-hydrogen) atoms. The number of carbonyl (C=O) groups is 1. The molecule has 6 nitrogen and oxygen atoms in total. The lowest BCUT2D eigenvalue weighted by atomic mass is 10.2. The molecule has 1 heterocycles. The molecule has 0 saturated carbocycles. The molecule has 0 aliphatic rings. The number of hydrogen-bond donors (Lipinski definition) is 1. The van der Waals surface area contributed by atoms with Gasteiger partial charge in [0.2, 0.25) is 5.91 Å². The summed E-state index contributed by atoms with van der Waals surface area (Å²) >= 11 is 0. The van der Waals surface area contributed by atoms with E-state index in [0.29, 0.717) is 30.6 Å². The highest BCUT2D eigenvalue weighted by Gasteiger charge is 2.02. The van der Waals surface area contributed by atoms with Crippen LogP contribution in [-0.2, 0) is 11.3 Å². The van der Waals surface area contributed by atoms with E-state index in [-0.39, 0.29) is 5.91 Å². The molecule has 0 saturated heterocycles. The molecular formula is C13H13N5O. The van der Waals surface area contributed by atoms with Crippen LogP contribution in [0.4, 0.5) is 5.69 Å². The van der Waals surface area contributed by atoms with Crippen molar-refractivity contribution in [1.82, 2.24) is 14.8 Å². The second-order valence-corrected chi connectivity index (χ2v) is 4.00. The number of benzene rings is 1. The summed E-state index contributed by atoms with van der Waals surface area (Å²) in [6, 6.07) is 8.80. The Morgan fingerprint density at radius 3 is 2.79 bits per heavy atom. The number of hydrogen-bond acceptors (Lipinski definition) is 4. The molecule has 0 atom stereocenters. The summed E-state index contributed by atoms with van der Waals surface area (Å²) in [4.78, 5) is 15.5. The van der Waals surface area contributed by atoms with Gasteiger partial charge in [-0.15, -0.1) is 0 Å². The minimum Gasteiger partial charge on any atom is -0.326 e. The topological polar surface area (TPSA) is 83.6 Å². The van der Waals surface area contributed by atoms with Crippen LogP contribution < -0.4 is 5.32 Å². The number of rotatable bonds is 5. The van der Waals surface area contributed by atoms with Crippen LogP contribution in [0, 0.1) is 11.3 Å². The van der Waals surface area contributed by atoms with E-state index in [1.54, 1.807) is 35.3 Å². The summed E-state index contributed by atoms with van der Waals surface area (Å²) in [6.45, 7) is 0.667. The van der Waals surface area contributed by atoms with Crippen LogP contribution in [0.25, 0.3) is 0 Å². The summed E-state index contributed by atoms with van der Waals surface area (Å²) in [5.74, 6) is -0.0511. The molecule has 0 unspecified atom stereocenters. The summed E-state index contributed by atoms with van der Waals surface area (Å²) in [5, 5.41) is 15.4. The van der Waals surface area contributed by atoms with E-state index in [4.69, 9.17) is 5.26 Å². The predicted molar refractivity (Wildman–Crippen MR) is 69.0 cm³/mol. The largest absolute Gasteiger partial charge is 0.326 e. The van der Waals surface area contributed by atoms with Crippen molar-refractivity contribution in [3.05, 3.63) is 42.5 Å². The Morgan fingerprint density at radius 1 is 1.37 bits per heavy atom.